The minimum absolute atomic E-state index is 0.273. The van der Waals surface area contributed by atoms with Gasteiger partial charge in [-0.05, 0) is 30.3 Å². The van der Waals surface area contributed by atoms with E-state index in [-0.39, 0.29) is 10.5 Å². The van der Waals surface area contributed by atoms with Crippen molar-refractivity contribution in [1.82, 2.24) is 0 Å². The molecule has 0 aliphatic heterocycles. The van der Waals surface area contributed by atoms with Crippen LogP contribution >= 0.6 is 0 Å². The first kappa shape index (κ1) is 22.1. The maximum atomic E-state index is 12.7. The van der Waals surface area contributed by atoms with Crippen molar-refractivity contribution in [2.24, 2.45) is 10.3 Å². The molecule has 144 valence electrons. The van der Waals surface area contributed by atoms with E-state index in [4.69, 9.17) is 15.5 Å². The SMILES string of the molecule is N#Cc1cc(S(N)(=O)=O)ccc1F.NS(=O)(=O)c1ccc(F)c([N+](=O)[O-])c1. The van der Waals surface area contributed by atoms with Crippen LogP contribution in [0.3, 0.4) is 0 Å². The summed E-state index contributed by atoms with van der Waals surface area (Å²) in [6.07, 6.45) is 0. The highest BCUT2D eigenvalue weighted by molar-refractivity contribution is 7.89. The average molecular weight is 420 g/mol. The van der Waals surface area contributed by atoms with E-state index in [9.17, 15) is 35.7 Å². The molecule has 2 aromatic rings. The molecule has 2 rings (SSSR count). The maximum Gasteiger partial charge on any atom is 0.306 e. The third kappa shape index (κ3) is 6.04. The number of nitro groups is 1. The van der Waals surface area contributed by atoms with Crippen LogP contribution < -0.4 is 10.3 Å². The van der Waals surface area contributed by atoms with E-state index < -0.39 is 47.2 Å². The van der Waals surface area contributed by atoms with E-state index in [1.807, 2.05) is 0 Å². The Labute approximate surface area is 151 Å². The van der Waals surface area contributed by atoms with Gasteiger partial charge in [-0.1, -0.05) is 0 Å². The van der Waals surface area contributed by atoms with Crippen molar-refractivity contribution in [3.63, 3.8) is 0 Å². The first-order valence-corrected chi connectivity index (χ1v) is 9.56. The first-order valence-electron chi connectivity index (χ1n) is 6.46. The molecule has 0 saturated carbocycles. The fraction of sp³-hybridized carbons (Fsp3) is 0. The van der Waals surface area contributed by atoms with Crippen molar-refractivity contribution in [2.45, 2.75) is 9.79 Å². The van der Waals surface area contributed by atoms with Gasteiger partial charge in [-0.2, -0.15) is 9.65 Å². The second-order valence-corrected chi connectivity index (χ2v) is 7.84. The molecule has 27 heavy (non-hydrogen) atoms. The highest BCUT2D eigenvalue weighted by atomic mass is 32.2. The van der Waals surface area contributed by atoms with Gasteiger partial charge in [0.25, 0.3) is 0 Å². The second-order valence-electron chi connectivity index (χ2n) is 4.71. The zero-order chi connectivity index (χ0) is 21.0. The number of rotatable bonds is 3. The number of nitro benzene ring substituents is 1. The number of nitriles is 1. The molecular formula is C13H10F2N4O6S2. The summed E-state index contributed by atoms with van der Waals surface area (Å²) in [6, 6.07) is 6.41. The van der Waals surface area contributed by atoms with Gasteiger partial charge in [0.2, 0.25) is 25.9 Å². The molecule has 0 unspecified atom stereocenters. The van der Waals surface area contributed by atoms with Crippen molar-refractivity contribution >= 4 is 25.7 Å². The molecule has 0 aliphatic carbocycles. The van der Waals surface area contributed by atoms with E-state index in [0.29, 0.717) is 12.1 Å². The van der Waals surface area contributed by atoms with E-state index in [2.05, 4.69) is 0 Å². The van der Waals surface area contributed by atoms with Gasteiger partial charge in [-0.25, -0.2) is 31.5 Å². The summed E-state index contributed by atoms with van der Waals surface area (Å²) in [6.45, 7) is 0. The summed E-state index contributed by atoms with van der Waals surface area (Å²) in [4.78, 5) is 8.44. The lowest BCUT2D eigenvalue weighted by Gasteiger charge is -1.98. The fourth-order valence-electron chi connectivity index (χ4n) is 1.58. The van der Waals surface area contributed by atoms with Gasteiger partial charge in [-0.15, -0.1) is 0 Å². The molecule has 0 aromatic heterocycles. The van der Waals surface area contributed by atoms with Crippen LogP contribution in [0.2, 0.25) is 0 Å². The van der Waals surface area contributed by atoms with Crippen molar-refractivity contribution in [1.29, 1.82) is 5.26 Å². The normalized spacial score (nSPS) is 11.1. The van der Waals surface area contributed by atoms with Crippen molar-refractivity contribution in [3.8, 4) is 6.07 Å². The lowest BCUT2D eigenvalue weighted by molar-refractivity contribution is -0.387. The summed E-state index contributed by atoms with van der Waals surface area (Å²) in [5.74, 6) is -1.88. The highest BCUT2D eigenvalue weighted by Crippen LogP contribution is 2.20. The minimum atomic E-state index is -4.05. The molecule has 2 aromatic carbocycles. The van der Waals surface area contributed by atoms with Gasteiger partial charge in [0, 0.05) is 6.07 Å². The molecule has 0 heterocycles. The van der Waals surface area contributed by atoms with Crippen LogP contribution in [-0.4, -0.2) is 21.8 Å². The Bertz CT molecular complexity index is 1140. The molecule has 0 radical (unpaired) electrons. The topological polar surface area (TPSA) is 187 Å². The van der Waals surface area contributed by atoms with Gasteiger partial charge in [0.15, 0.2) is 0 Å². The van der Waals surface area contributed by atoms with E-state index in [1.165, 1.54) is 6.07 Å². The number of hydrogen-bond acceptors (Lipinski definition) is 7. The summed E-state index contributed by atoms with van der Waals surface area (Å²) in [5.41, 5.74) is -1.26. The molecule has 0 fully saturated rings. The van der Waals surface area contributed by atoms with Crippen LogP contribution in [0.5, 0.6) is 0 Å². The average Bonchev–Trinajstić information content (AvgIpc) is 2.53. The second kappa shape index (κ2) is 8.14. The summed E-state index contributed by atoms with van der Waals surface area (Å²) >= 11 is 0. The Balaban J connectivity index is 0.000000271. The summed E-state index contributed by atoms with van der Waals surface area (Å²) in [5, 5.41) is 28.1. The van der Waals surface area contributed by atoms with Gasteiger partial charge in [0.1, 0.15) is 11.9 Å². The number of nitrogens with zero attached hydrogens (tertiary/aromatic N) is 2. The van der Waals surface area contributed by atoms with Crippen LogP contribution in [0.15, 0.2) is 46.2 Å². The molecule has 0 spiro atoms. The standard InChI is InChI=1S/C7H5FN2O2S.C6H5FN2O4S/c8-7-2-1-6(13(10,11)12)3-5(7)4-9;7-5-2-1-4(14(8,12)13)3-6(5)9(10)11/h1-3H,(H2,10,11,12);1-3H,(H2,8,12,13). The van der Waals surface area contributed by atoms with Gasteiger partial charge in [-0.3, -0.25) is 10.1 Å². The molecule has 0 amide bonds. The molecule has 0 atom stereocenters. The van der Waals surface area contributed by atoms with Gasteiger partial charge < -0.3 is 0 Å². The molecule has 4 N–H and O–H groups in total. The Hall–Kier alpha value is -2.99. The van der Waals surface area contributed by atoms with Crippen LogP contribution in [0.1, 0.15) is 5.56 Å². The number of primary sulfonamides is 2. The zero-order valence-electron chi connectivity index (χ0n) is 13.0. The Morgan fingerprint density at radius 3 is 1.78 bits per heavy atom. The Kier molecular flexibility index (Phi) is 6.65. The molecular weight excluding hydrogens is 410 g/mol. The predicted molar refractivity (Wildman–Crippen MR) is 86.9 cm³/mol. The quantitative estimate of drug-likeness (QED) is 0.540. The third-order valence-corrected chi connectivity index (χ3v) is 4.65. The van der Waals surface area contributed by atoms with Crippen LogP contribution in [-0.2, 0) is 20.0 Å². The molecule has 0 saturated heterocycles. The Morgan fingerprint density at radius 1 is 0.926 bits per heavy atom. The molecule has 10 nitrogen and oxygen atoms in total. The number of nitrogens with two attached hydrogens (primary N) is 2. The maximum absolute atomic E-state index is 12.7. The third-order valence-electron chi connectivity index (χ3n) is 2.83. The molecule has 0 bridgehead atoms. The van der Waals surface area contributed by atoms with E-state index >= 15 is 0 Å². The largest absolute Gasteiger partial charge is 0.306 e. The van der Waals surface area contributed by atoms with Crippen molar-refractivity contribution in [3.05, 3.63) is 63.7 Å². The minimum Gasteiger partial charge on any atom is -0.258 e. The number of halogens is 2. The van der Waals surface area contributed by atoms with Crippen molar-refractivity contribution < 1.29 is 30.5 Å². The van der Waals surface area contributed by atoms with Gasteiger partial charge in [0.05, 0.1) is 20.3 Å². The fourth-order valence-corrected chi connectivity index (χ4v) is 2.65. The van der Waals surface area contributed by atoms with E-state index in [1.54, 1.807) is 0 Å². The van der Waals surface area contributed by atoms with Crippen LogP contribution in [0.4, 0.5) is 14.5 Å². The Morgan fingerprint density at radius 2 is 1.37 bits per heavy atom. The molecule has 0 aliphatic rings. The zero-order valence-corrected chi connectivity index (χ0v) is 14.7. The number of benzene rings is 2. The van der Waals surface area contributed by atoms with Crippen LogP contribution in [0, 0.1) is 33.1 Å². The summed E-state index contributed by atoms with van der Waals surface area (Å²) in [7, 11) is -7.92. The lowest BCUT2D eigenvalue weighted by atomic mass is 10.2. The van der Waals surface area contributed by atoms with Crippen LogP contribution in [0.25, 0.3) is 0 Å². The predicted octanol–water partition coefficient (Wildman–Crippen LogP) is 0.726. The highest BCUT2D eigenvalue weighted by Gasteiger charge is 2.18. The number of hydrogen-bond donors (Lipinski definition) is 2. The number of sulfonamides is 2. The van der Waals surface area contributed by atoms with Gasteiger partial charge >= 0.3 is 5.69 Å². The smallest absolute Gasteiger partial charge is 0.258 e. The molecule has 14 heteroatoms. The lowest BCUT2D eigenvalue weighted by Crippen LogP contribution is -2.12. The first-order chi connectivity index (χ1) is 12.3. The monoisotopic (exact) mass is 420 g/mol. The van der Waals surface area contributed by atoms with Crippen molar-refractivity contribution in [2.75, 3.05) is 0 Å². The summed E-state index contributed by atoms with van der Waals surface area (Å²) < 4.78 is 68.5. The van der Waals surface area contributed by atoms with E-state index in [0.717, 1.165) is 24.3 Å².